The van der Waals surface area contributed by atoms with Gasteiger partial charge in [-0.05, 0) is 36.8 Å². The predicted molar refractivity (Wildman–Crippen MR) is 63.1 cm³/mol. The Hall–Kier alpha value is -1.64. The summed E-state index contributed by atoms with van der Waals surface area (Å²) in [6.45, 7) is 0. The van der Waals surface area contributed by atoms with Crippen molar-refractivity contribution in [2.45, 2.75) is 25.7 Å². The van der Waals surface area contributed by atoms with Gasteiger partial charge in [0.05, 0.1) is 6.20 Å². The fraction of sp³-hybridized carbons (Fsp3) is 0.385. The average Bonchev–Trinajstić information content (AvgIpc) is 2.75. The summed E-state index contributed by atoms with van der Waals surface area (Å²) in [4.78, 5) is 4.35. The van der Waals surface area contributed by atoms with Crippen molar-refractivity contribution >= 4 is 0 Å². The van der Waals surface area contributed by atoms with Crippen LogP contribution in [0.3, 0.4) is 0 Å². The van der Waals surface area contributed by atoms with Gasteiger partial charge in [0.1, 0.15) is 0 Å². The fourth-order valence-corrected chi connectivity index (χ4v) is 2.47. The zero-order valence-electron chi connectivity index (χ0n) is 9.48. The summed E-state index contributed by atoms with van der Waals surface area (Å²) in [7, 11) is 1.95. The van der Waals surface area contributed by atoms with Gasteiger partial charge < -0.3 is 0 Å². The first-order valence-corrected chi connectivity index (χ1v) is 5.79. The fourth-order valence-electron chi connectivity index (χ4n) is 2.47. The number of aromatic nitrogens is 3. The van der Waals surface area contributed by atoms with Gasteiger partial charge in [-0.3, -0.25) is 9.67 Å². The third kappa shape index (κ3) is 1.52. The van der Waals surface area contributed by atoms with E-state index in [-0.39, 0.29) is 0 Å². The standard InChI is InChI=1S/C13H15N3/c1-16-9-11(7-15-16)13-8-14-6-10-4-2-3-5-12(10)13/h6-9H,2-5H2,1H3. The molecule has 0 aliphatic heterocycles. The van der Waals surface area contributed by atoms with E-state index in [4.69, 9.17) is 0 Å². The average molecular weight is 213 g/mol. The minimum absolute atomic E-state index is 1.18. The summed E-state index contributed by atoms with van der Waals surface area (Å²) in [6.07, 6.45) is 12.9. The van der Waals surface area contributed by atoms with Gasteiger partial charge in [-0.1, -0.05) is 0 Å². The largest absolute Gasteiger partial charge is 0.275 e. The maximum absolute atomic E-state index is 4.35. The van der Waals surface area contributed by atoms with Crippen molar-refractivity contribution in [3.8, 4) is 11.1 Å². The molecule has 0 saturated carbocycles. The lowest BCUT2D eigenvalue weighted by molar-refractivity contribution is 0.683. The molecule has 16 heavy (non-hydrogen) atoms. The van der Waals surface area contributed by atoms with Crippen LogP contribution in [-0.2, 0) is 19.9 Å². The van der Waals surface area contributed by atoms with Crippen LogP contribution in [0, 0.1) is 0 Å². The maximum atomic E-state index is 4.35. The van der Waals surface area contributed by atoms with Gasteiger partial charge >= 0.3 is 0 Å². The van der Waals surface area contributed by atoms with E-state index in [1.54, 1.807) is 0 Å². The molecule has 0 saturated heterocycles. The molecule has 3 heteroatoms. The van der Waals surface area contributed by atoms with Gasteiger partial charge in [0.15, 0.2) is 0 Å². The van der Waals surface area contributed by atoms with Gasteiger partial charge in [-0.2, -0.15) is 5.10 Å². The molecule has 0 unspecified atom stereocenters. The molecule has 1 aliphatic rings. The Morgan fingerprint density at radius 3 is 2.81 bits per heavy atom. The highest BCUT2D eigenvalue weighted by Crippen LogP contribution is 2.30. The number of hydrogen-bond donors (Lipinski definition) is 0. The van der Waals surface area contributed by atoms with Gasteiger partial charge in [0, 0.05) is 36.8 Å². The summed E-state index contributed by atoms with van der Waals surface area (Å²) in [5.41, 5.74) is 5.36. The second kappa shape index (κ2) is 3.74. The minimum atomic E-state index is 1.18. The summed E-state index contributed by atoms with van der Waals surface area (Å²) < 4.78 is 1.84. The van der Waals surface area contributed by atoms with E-state index < -0.39 is 0 Å². The minimum Gasteiger partial charge on any atom is -0.275 e. The SMILES string of the molecule is Cn1cc(-c2cncc3c2CCCC3)cn1. The van der Waals surface area contributed by atoms with Gasteiger partial charge in [-0.15, -0.1) is 0 Å². The Kier molecular flexibility index (Phi) is 2.24. The highest BCUT2D eigenvalue weighted by atomic mass is 15.2. The molecule has 0 N–H and O–H groups in total. The molecular weight excluding hydrogens is 198 g/mol. The van der Waals surface area contributed by atoms with Crippen molar-refractivity contribution in [2.75, 3.05) is 0 Å². The molecule has 0 amide bonds. The zero-order valence-corrected chi connectivity index (χ0v) is 9.48. The summed E-state index contributed by atoms with van der Waals surface area (Å²) >= 11 is 0. The van der Waals surface area contributed by atoms with Crippen LogP contribution >= 0.6 is 0 Å². The van der Waals surface area contributed by atoms with E-state index in [0.717, 1.165) is 0 Å². The van der Waals surface area contributed by atoms with E-state index in [0.29, 0.717) is 0 Å². The lowest BCUT2D eigenvalue weighted by atomic mass is 9.89. The lowest BCUT2D eigenvalue weighted by Gasteiger charge is -2.17. The zero-order chi connectivity index (χ0) is 11.0. The summed E-state index contributed by atoms with van der Waals surface area (Å²) in [6, 6.07) is 0. The second-order valence-corrected chi connectivity index (χ2v) is 4.43. The van der Waals surface area contributed by atoms with Crippen LogP contribution in [0.5, 0.6) is 0 Å². The molecule has 0 atom stereocenters. The lowest BCUT2D eigenvalue weighted by Crippen LogP contribution is -2.05. The van der Waals surface area contributed by atoms with Gasteiger partial charge in [0.2, 0.25) is 0 Å². The number of pyridine rings is 1. The maximum Gasteiger partial charge on any atom is 0.0568 e. The molecule has 3 rings (SSSR count). The molecular formula is C13H15N3. The third-order valence-corrected chi connectivity index (χ3v) is 3.29. The van der Waals surface area contributed by atoms with Crippen LogP contribution in [0.15, 0.2) is 24.8 Å². The molecule has 0 fully saturated rings. The topological polar surface area (TPSA) is 30.7 Å². The quantitative estimate of drug-likeness (QED) is 0.728. The van der Waals surface area contributed by atoms with E-state index in [1.807, 2.05) is 30.3 Å². The normalized spacial score (nSPS) is 14.8. The third-order valence-electron chi connectivity index (χ3n) is 3.29. The summed E-state index contributed by atoms with van der Waals surface area (Å²) in [5, 5.41) is 4.23. The van der Waals surface area contributed by atoms with Crippen LogP contribution in [0.4, 0.5) is 0 Å². The van der Waals surface area contributed by atoms with Crippen LogP contribution in [0.2, 0.25) is 0 Å². The number of nitrogens with zero attached hydrogens (tertiary/aromatic N) is 3. The molecule has 1 aliphatic carbocycles. The number of fused-ring (bicyclic) bond motifs is 1. The Balaban J connectivity index is 2.13. The molecule has 0 bridgehead atoms. The van der Waals surface area contributed by atoms with Crippen molar-refractivity contribution in [3.05, 3.63) is 35.9 Å². The molecule has 2 heterocycles. The molecule has 2 aromatic rings. The number of aryl methyl sites for hydroxylation is 2. The van der Waals surface area contributed by atoms with Crippen LogP contribution in [-0.4, -0.2) is 14.8 Å². The van der Waals surface area contributed by atoms with Gasteiger partial charge in [-0.25, -0.2) is 0 Å². The van der Waals surface area contributed by atoms with Crippen LogP contribution in [0.25, 0.3) is 11.1 Å². The Morgan fingerprint density at radius 2 is 2.00 bits per heavy atom. The molecule has 2 aromatic heterocycles. The van der Waals surface area contributed by atoms with Crippen molar-refractivity contribution in [1.82, 2.24) is 14.8 Å². The molecule has 3 nitrogen and oxygen atoms in total. The Bertz CT molecular complexity index is 514. The van der Waals surface area contributed by atoms with Crippen molar-refractivity contribution in [3.63, 3.8) is 0 Å². The van der Waals surface area contributed by atoms with E-state index in [9.17, 15) is 0 Å². The second-order valence-electron chi connectivity index (χ2n) is 4.43. The van der Waals surface area contributed by atoms with Crippen LogP contribution < -0.4 is 0 Å². The first-order chi connectivity index (χ1) is 7.84. The monoisotopic (exact) mass is 213 g/mol. The molecule has 0 radical (unpaired) electrons. The predicted octanol–water partition coefficient (Wildman–Crippen LogP) is 2.36. The highest BCUT2D eigenvalue weighted by Gasteiger charge is 2.15. The van der Waals surface area contributed by atoms with Gasteiger partial charge in [0.25, 0.3) is 0 Å². The number of rotatable bonds is 1. The molecule has 0 aromatic carbocycles. The smallest absolute Gasteiger partial charge is 0.0568 e. The van der Waals surface area contributed by atoms with Crippen molar-refractivity contribution in [2.24, 2.45) is 7.05 Å². The molecule has 82 valence electrons. The highest BCUT2D eigenvalue weighted by molar-refractivity contribution is 5.66. The molecule has 0 spiro atoms. The first-order valence-electron chi connectivity index (χ1n) is 5.79. The number of hydrogen-bond acceptors (Lipinski definition) is 2. The van der Waals surface area contributed by atoms with Crippen LogP contribution in [0.1, 0.15) is 24.0 Å². The Morgan fingerprint density at radius 1 is 1.12 bits per heavy atom. The van der Waals surface area contributed by atoms with Crippen molar-refractivity contribution < 1.29 is 0 Å². The first kappa shape index (κ1) is 9.58. The van der Waals surface area contributed by atoms with E-state index in [2.05, 4.69) is 16.3 Å². The summed E-state index contributed by atoms with van der Waals surface area (Å²) in [5.74, 6) is 0. The van der Waals surface area contributed by atoms with E-state index in [1.165, 1.54) is 47.9 Å². The van der Waals surface area contributed by atoms with E-state index >= 15 is 0 Å². The Labute approximate surface area is 95.1 Å². The van der Waals surface area contributed by atoms with Crippen molar-refractivity contribution in [1.29, 1.82) is 0 Å².